The maximum absolute atomic E-state index is 11.8. The number of rotatable bonds is 4. The van der Waals surface area contributed by atoms with Crippen LogP contribution in [0.4, 0.5) is 0 Å². The van der Waals surface area contributed by atoms with E-state index in [0.717, 1.165) is 0 Å². The van der Waals surface area contributed by atoms with Crippen LogP contribution in [0.1, 0.15) is 13.8 Å². The Morgan fingerprint density at radius 1 is 1.56 bits per heavy atom. The number of morpholine rings is 1. The number of hydrogen-bond acceptors (Lipinski definition) is 4. The molecule has 0 saturated carbocycles. The van der Waals surface area contributed by atoms with Gasteiger partial charge in [-0.2, -0.15) is 0 Å². The van der Waals surface area contributed by atoms with Crippen LogP contribution in [-0.2, 0) is 14.3 Å². The number of nitrogens with one attached hydrogen (secondary N) is 1. The number of carbonyl (C=O) groups excluding carboxylic acids is 1. The Bertz CT molecular complexity index is 268. The van der Waals surface area contributed by atoms with E-state index in [-0.39, 0.29) is 25.1 Å². The van der Waals surface area contributed by atoms with Gasteiger partial charge in [0.05, 0.1) is 19.8 Å². The van der Waals surface area contributed by atoms with Crippen molar-refractivity contribution in [3.63, 3.8) is 0 Å². The zero-order chi connectivity index (χ0) is 12.1. The van der Waals surface area contributed by atoms with Gasteiger partial charge in [0.25, 0.3) is 0 Å². The summed E-state index contributed by atoms with van der Waals surface area (Å²) in [5, 5.41) is 11.9. The quantitative estimate of drug-likeness (QED) is 0.667. The number of carboxylic acid groups (broad SMARTS) is 1. The average molecular weight is 230 g/mol. The molecule has 0 spiro atoms. The number of aliphatic carboxylic acids is 1. The molecule has 6 nitrogen and oxygen atoms in total. The monoisotopic (exact) mass is 230 g/mol. The fraction of sp³-hybridized carbons (Fsp3) is 0.800. The normalized spacial score (nSPS) is 21.2. The minimum Gasteiger partial charge on any atom is -0.480 e. The van der Waals surface area contributed by atoms with Gasteiger partial charge in [-0.1, -0.05) is 13.8 Å². The van der Waals surface area contributed by atoms with E-state index in [1.165, 1.54) is 4.90 Å². The first kappa shape index (κ1) is 12.9. The first-order chi connectivity index (χ1) is 7.52. The summed E-state index contributed by atoms with van der Waals surface area (Å²) in [6, 6.07) is -0.650. The molecular weight excluding hydrogens is 212 g/mol. The van der Waals surface area contributed by atoms with E-state index in [0.29, 0.717) is 13.2 Å². The van der Waals surface area contributed by atoms with Crippen molar-refractivity contribution in [3.05, 3.63) is 0 Å². The molecule has 1 unspecified atom stereocenters. The lowest BCUT2D eigenvalue weighted by atomic mass is 10.2. The molecule has 1 aliphatic heterocycles. The second-order valence-corrected chi connectivity index (χ2v) is 4.05. The van der Waals surface area contributed by atoms with Crippen LogP contribution in [0.15, 0.2) is 0 Å². The average Bonchev–Trinajstić information content (AvgIpc) is 2.25. The number of hydrogen-bond donors (Lipinski definition) is 2. The van der Waals surface area contributed by atoms with E-state index in [1.54, 1.807) is 0 Å². The van der Waals surface area contributed by atoms with E-state index in [1.807, 2.05) is 13.8 Å². The molecule has 1 aliphatic rings. The summed E-state index contributed by atoms with van der Waals surface area (Å²) in [5.41, 5.74) is 0. The van der Waals surface area contributed by atoms with Crippen molar-refractivity contribution in [2.45, 2.75) is 25.9 Å². The Labute approximate surface area is 94.6 Å². The molecule has 1 amide bonds. The molecule has 1 atom stereocenters. The summed E-state index contributed by atoms with van der Waals surface area (Å²) >= 11 is 0. The van der Waals surface area contributed by atoms with Gasteiger partial charge < -0.3 is 20.1 Å². The van der Waals surface area contributed by atoms with Crippen LogP contribution in [0.25, 0.3) is 0 Å². The number of carbonyl (C=O) groups is 2. The third kappa shape index (κ3) is 3.46. The predicted molar refractivity (Wildman–Crippen MR) is 57.1 cm³/mol. The fourth-order valence-electron chi connectivity index (χ4n) is 1.50. The van der Waals surface area contributed by atoms with Crippen LogP contribution in [-0.4, -0.2) is 60.3 Å². The van der Waals surface area contributed by atoms with E-state index in [4.69, 9.17) is 9.84 Å². The summed E-state index contributed by atoms with van der Waals surface area (Å²) < 4.78 is 5.05. The molecule has 1 saturated heterocycles. The van der Waals surface area contributed by atoms with Crippen LogP contribution in [0.3, 0.4) is 0 Å². The van der Waals surface area contributed by atoms with Crippen molar-refractivity contribution < 1.29 is 19.4 Å². The topological polar surface area (TPSA) is 78.9 Å². The Balaban J connectivity index is 2.54. The van der Waals surface area contributed by atoms with E-state index in [9.17, 15) is 9.59 Å². The highest BCUT2D eigenvalue weighted by Crippen LogP contribution is 2.07. The third-order valence-corrected chi connectivity index (χ3v) is 2.40. The highest BCUT2D eigenvalue weighted by molar-refractivity contribution is 5.85. The number of nitrogens with zero attached hydrogens (tertiary/aromatic N) is 1. The lowest BCUT2D eigenvalue weighted by Gasteiger charge is -2.33. The van der Waals surface area contributed by atoms with E-state index < -0.39 is 12.0 Å². The van der Waals surface area contributed by atoms with Gasteiger partial charge in [0, 0.05) is 12.6 Å². The van der Waals surface area contributed by atoms with Crippen molar-refractivity contribution in [2.75, 3.05) is 26.3 Å². The van der Waals surface area contributed by atoms with Gasteiger partial charge in [0.15, 0.2) is 6.04 Å². The van der Waals surface area contributed by atoms with Crippen molar-refractivity contribution >= 4 is 11.9 Å². The maximum Gasteiger partial charge on any atom is 0.328 e. The summed E-state index contributed by atoms with van der Waals surface area (Å²) in [6.45, 7) is 4.85. The first-order valence-corrected chi connectivity index (χ1v) is 5.35. The molecule has 0 bridgehead atoms. The molecule has 1 fully saturated rings. The fourth-order valence-corrected chi connectivity index (χ4v) is 1.50. The van der Waals surface area contributed by atoms with Gasteiger partial charge in [-0.05, 0) is 0 Å². The maximum atomic E-state index is 11.8. The predicted octanol–water partition coefficient (Wildman–Crippen LogP) is -0.704. The standard InChI is InChI=1S/C10H18N2O4/c1-7(2)11-5-9(13)12-3-4-16-6-8(12)10(14)15/h7-8,11H,3-6H2,1-2H3,(H,14,15). The molecular formula is C10H18N2O4. The van der Waals surface area contributed by atoms with Gasteiger partial charge in [-0.15, -0.1) is 0 Å². The number of amides is 1. The minimum absolute atomic E-state index is 0.0722. The molecule has 0 radical (unpaired) electrons. The Morgan fingerprint density at radius 3 is 2.81 bits per heavy atom. The van der Waals surface area contributed by atoms with E-state index >= 15 is 0 Å². The summed E-state index contributed by atoms with van der Waals surface area (Å²) in [4.78, 5) is 24.0. The lowest BCUT2D eigenvalue weighted by Crippen LogP contribution is -2.55. The van der Waals surface area contributed by atoms with Crippen molar-refractivity contribution in [2.24, 2.45) is 0 Å². The van der Waals surface area contributed by atoms with Crippen molar-refractivity contribution in [1.29, 1.82) is 0 Å². The van der Waals surface area contributed by atoms with Gasteiger partial charge in [-0.25, -0.2) is 4.79 Å². The molecule has 0 aromatic carbocycles. The lowest BCUT2D eigenvalue weighted by molar-refractivity contribution is -0.157. The molecule has 92 valence electrons. The van der Waals surface area contributed by atoms with Gasteiger partial charge in [0.1, 0.15) is 0 Å². The highest BCUT2D eigenvalue weighted by Gasteiger charge is 2.32. The number of ether oxygens (including phenoxy) is 1. The van der Waals surface area contributed by atoms with Crippen LogP contribution in [0.2, 0.25) is 0 Å². The Hall–Kier alpha value is -1.14. The van der Waals surface area contributed by atoms with E-state index in [2.05, 4.69) is 5.32 Å². The molecule has 1 rings (SSSR count). The highest BCUT2D eigenvalue weighted by atomic mass is 16.5. The zero-order valence-corrected chi connectivity index (χ0v) is 9.60. The third-order valence-electron chi connectivity index (χ3n) is 2.40. The van der Waals surface area contributed by atoms with Crippen LogP contribution in [0.5, 0.6) is 0 Å². The van der Waals surface area contributed by atoms with Gasteiger partial charge in [0.2, 0.25) is 5.91 Å². The smallest absolute Gasteiger partial charge is 0.328 e. The molecule has 1 heterocycles. The second kappa shape index (κ2) is 5.81. The van der Waals surface area contributed by atoms with Crippen molar-refractivity contribution in [1.82, 2.24) is 10.2 Å². The zero-order valence-electron chi connectivity index (χ0n) is 9.60. The van der Waals surface area contributed by atoms with Crippen molar-refractivity contribution in [3.8, 4) is 0 Å². The molecule has 0 aromatic heterocycles. The molecule has 16 heavy (non-hydrogen) atoms. The van der Waals surface area contributed by atoms with Crippen LogP contribution >= 0.6 is 0 Å². The van der Waals surface area contributed by atoms with Crippen LogP contribution < -0.4 is 5.32 Å². The van der Waals surface area contributed by atoms with Gasteiger partial charge in [-0.3, -0.25) is 4.79 Å². The summed E-state index contributed by atoms with van der Waals surface area (Å²) in [6.07, 6.45) is 0. The molecule has 0 aromatic rings. The molecule has 6 heteroatoms. The Morgan fingerprint density at radius 2 is 2.25 bits per heavy atom. The SMILES string of the molecule is CC(C)NCC(=O)N1CCOCC1C(=O)O. The number of carboxylic acids is 1. The molecule has 2 N–H and O–H groups in total. The largest absolute Gasteiger partial charge is 0.480 e. The summed E-state index contributed by atoms with van der Waals surface area (Å²) in [7, 11) is 0. The second-order valence-electron chi connectivity index (χ2n) is 4.05. The first-order valence-electron chi connectivity index (χ1n) is 5.35. The minimum atomic E-state index is -1.02. The Kier molecular flexibility index (Phi) is 4.70. The summed E-state index contributed by atoms with van der Waals surface area (Å²) in [5.74, 6) is -1.21. The molecule has 0 aliphatic carbocycles. The van der Waals surface area contributed by atoms with Crippen LogP contribution in [0, 0.1) is 0 Å². The van der Waals surface area contributed by atoms with Gasteiger partial charge >= 0.3 is 5.97 Å².